The van der Waals surface area contributed by atoms with Crippen molar-refractivity contribution in [1.29, 1.82) is 0 Å². The lowest BCUT2D eigenvalue weighted by Crippen LogP contribution is -2.54. The summed E-state index contributed by atoms with van der Waals surface area (Å²) in [6, 6.07) is 0.705. The SMILES string of the molecule is CC(C)OCCOC1CCN(C(C)C)CC1N. The lowest BCUT2D eigenvalue weighted by molar-refractivity contribution is -0.0451. The Labute approximate surface area is 105 Å². The average molecular weight is 244 g/mol. The molecule has 0 saturated carbocycles. The first-order chi connectivity index (χ1) is 8.00. The van der Waals surface area contributed by atoms with Crippen LogP contribution in [0.2, 0.25) is 0 Å². The van der Waals surface area contributed by atoms with Crippen molar-refractivity contribution in [1.82, 2.24) is 4.90 Å². The van der Waals surface area contributed by atoms with Crippen LogP contribution in [-0.2, 0) is 9.47 Å². The Bertz CT molecular complexity index is 210. The minimum absolute atomic E-state index is 0.130. The second kappa shape index (κ2) is 7.31. The van der Waals surface area contributed by atoms with Crippen molar-refractivity contribution in [2.75, 3.05) is 26.3 Å². The van der Waals surface area contributed by atoms with Crippen molar-refractivity contribution in [3.8, 4) is 0 Å². The summed E-state index contributed by atoms with van der Waals surface area (Å²) >= 11 is 0. The molecule has 0 aromatic rings. The minimum atomic E-state index is 0.130. The van der Waals surface area contributed by atoms with E-state index in [0.717, 1.165) is 19.5 Å². The molecule has 1 aliphatic rings. The standard InChI is InChI=1S/C13H28N2O2/c1-10(2)15-6-5-13(12(14)9-15)17-8-7-16-11(3)4/h10-13H,5-9,14H2,1-4H3. The number of rotatable bonds is 6. The zero-order chi connectivity index (χ0) is 12.8. The Morgan fingerprint density at radius 2 is 1.94 bits per heavy atom. The molecule has 1 fully saturated rings. The molecule has 4 nitrogen and oxygen atoms in total. The summed E-state index contributed by atoms with van der Waals surface area (Å²) < 4.78 is 11.2. The zero-order valence-electron chi connectivity index (χ0n) is 11.7. The maximum Gasteiger partial charge on any atom is 0.0751 e. The summed E-state index contributed by atoms with van der Waals surface area (Å²) in [5, 5.41) is 0. The highest BCUT2D eigenvalue weighted by atomic mass is 16.5. The van der Waals surface area contributed by atoms with Gasteiger partial charge >= 0.3 is 0 Å². The van der Waals surface area contributed by atoms with E-state index in [0.29, 0.717) is 19.3 Å². The smallest absolute Gasteiger partial charge is 0.0751 e. The van der Waals surface area contributed by atoms with Gasteiger partial charge in [0.05, 0.1) is 25.4 Å². The molecular formula is C13H28N2O2. The molecule has 1 saturated heterocycles. The average Bonchev–Trinajstić information content (AvgIpc) is 2.25. The zero-order valence-corrected chi connectivity index (χ0v) is 11.7. The normalized spacial score (nSPS) is 27.0. The number of likely N-dealkylation sites (tertiary alicyclic amines) is 1. The van der Waals surface area contributed by atoms with Gasteiger partial charge in [-0.2, -0.15) is 0 Å². The van der Waals surface area contributed by atoms with Gasteiger partial charge in [0.2, 0.25) is 0 Å². The summed E-state index contributed by atoms with van der Waals surface area (Å²) in [6.45, 7) is 11.8. The van der Waals surface area contributed by atoms with Gasteiger partial charge in [-0.25, -0.2) is 0 Å². The fourth-order valence-electron chi connectivity index (χ4n) is 2.15. The third kappa shape index (κ3) is 5.34. The molecule has 17 heavy (non-hydrogen) atoms. The molecule has 0 amide bonds. The monoisotopic (exact) mass is 244 g/mol. The van der Waals surface area contributed by atoms with Gasteiger partial charge in [0.25, 0.3) is 0 Å². The Balaban J connectivity index is 2.18. The predicted octanol–water partition coefficient (Wildman–Crippen LogP) is 1.24. The highest BCUT2D eigenvalue weighted by Gasteiger charge is 2.28. The van der Waals surface area contributed by atoms with E-state index in [1.165, 1.54) is 0 Å². The third-order valence-corrected chi connectivity index (χ3v) is 3.22. The van der Waals surface area contributed by atoms with Crippen LogP contribution in [0.15, 0.2) is 0 Å². The van der Waals surface area contributed by atoms with Crippen LogP contribution in [-0.4, -0.2) is 55.5 Å². The minimum Gasteiger partial charge on any atom is -0.376 e. The first kappa shape index (κ1) is 14.9. The fraction of sp³-hybridized carbons (Fsp3) is 1.00. The molecule has 2 N–H and O–H groups in total. The van der Waals surface area contributed by atoms with E-state index < -0.39 is 0 Å². The van der Waals surface area contributed by atoms with E-state index in [2.05, 4.69) is 18.7 Å². The lowest BCUT2D eigenvalue weighted by atomic mass is 10.0. The molecule has 0 radical (unpaired) electrons. The van der Waals surface area contributed by atoms with E-state index in [1.54, 1.807) is 0 Å². The number of hydrogen-bond donors (Lipinski definition) is 1. The summed E-state index contributed by atoms with van der Waals surface area (Å²) in [6.07, 6.45) is 1.50. The Morgan fingerprint density at radius 3 is 2.47 bits per heavy atom. The second-order valence-corrected chi connectivity index (χ2v) is 5.37. The second-order valence-electron chi connectivity index (χ2n) is 5.37. The van der Waals surface area contributed by atoms with Crippen LogP contribution in [0.3, 0.4) is 0 Å². The summed E-state index contributed by atoms with van der Waals surface area (Å²) in [4.78, 5) is 2.41. The van der Waals surface area contributed by atoms with Gasteiger partial charge in [-0.1, -0.05) is 0 Å². The predicted molar refractivity (Wildman–Crippen MR) is 70.1 cm³/mol. The van der Waals surface area contributed by atoms with E-state index in [4.69, 9.17) is 15.2 Å². The number of hydrogen-bond acceptors (Lipinski definition) is 4. The molecule has 4 heteroatoms. The molecule has 0 aromatic heterocycles. The molecular weight excluding hydrogens is 216 g/mol. The van der Waals surface area contributed by atoms with Crippen LogP contribution in [0.4, 0.5) is 0 Å². The van der Waals surface area contributed by atoms with E-state index in [1.807, 2.05) is 13.8 Å². The largest absolute Gasteiger partial charge is 0.376 e. The summed E-state index contributed by atoms with van der Waals surface area (Å²) in [7, 11) is 0. The van der Waals surface area contributed by atoms with Gasteiger partial charge in [-0.15, -0.1) is 0 Å². The molecule has 2 atom stereocenters. The molecule has 0 aliphatic carbocycles. The van der Waals surface area contributed by atoms with Gasteiger partial charge in [-0.05, 0) is 34.1 Å². The maximum absolute atomic E-state index is 6.14. The van der Waals surface area contributed by atoms with E-state index >= 15 is 0 Å². The summed E-state index contributed by atoms with van der Waals surface area (Å²) in [5.74, 6) is 0. The van der Waals surface area contributed by atoms with Gasteiger partial charge < -0.3 is 15.2 Å². The number of nitrogens with two attached hydrogens (primary N) is 1. The van der Waals surface area contributed by atoms with E-state index in [-0.39, 0.29) is 18.2 Å². The number of piperidine rings is 1. The molecule has 1 heterocycles. The molecule has 1 rings (SSSR count). The maximum atomic E-state index is 6.14. The van der Waals surface area contributed by atoms with E-state index in [9.17, 15) is 0 Å². The highest BCUT2D eigenvalue weighted by molar-refractivity contribution is 4.85. The van der Waals surface area contributed by atoms with Crippen molar-refractivity contribution < 1.29 is 9.47 Å². The Morgan fingerprint density at radius 1 is 1.24 bits per heavy atom. The molecule has 0 aromatic carbocycles. The summed E-state index contributed by atoms with van der Waals surface area (Å²) in [5.41, 5.74) is 6.14. The van der Waals surface area contributed by atoms with Crippen molar-refractivity contribution in [2.24, 2.45) is 5.73 Å². The van der Waals surface area contributed by atoms with Crippen molar-refractivity contribution in [2.45, 2.75) is 58.4 Å². The third-order valence-electron chi connectivity index (χ3n) is 3.22. The topological polar surface area (TPSA) is 47.7 Å². The van der Waals surface area contributed by atoms with Crippen molar-refractivity contribution in [3.05, 3.63) is 0 Å². The lowest BCUT2D eigenvalue weighted by Gasteiger charge is -2.38. The van der Waals surface area contributed by atoms with Crippen LogP contribution in [0.1, 0.15) is 34.1 Å². The van der Waals surface area contributed by atoms with Crippen LogP contribution in [0, 0.1) is 0 Å². The van der Waals surface area contributed by atoms with Crippen LogP contribution in [0.25, 0.3) is 0 Å². The van der Waals surface area contributed by atoms with Crippen LogP contribution >= 0.6 is 0 Å². The molecule has 2 unspecified atom stereocenters. The van der Waals surface area contributed by atoms with Crippen molar-refractivity contribution >= 4 is 0 Å². The molecule has 0 spiro atoms. The van der Waals surface area contributed by atoms with Crippen LogP contribution in [0.5, 0.6) is 0 Å². The van der Waals surface area contributed by atoms with Gasteiger partial charge in [0.1, 0.15) is 0 Å². The number of ether oxygens (including phenoxy) is 2. The Kier molecular flexibility index (Phi) is 6.41. The van der Waals surface area contributed by atoms with Gasteiger partial charge in [0, 0.05) is 25.2 Å². The van der Waals surface area contributed by atoms with Crippen molar-refractivity contribution in [3.63, 3.8) is 0 Å². The molecule has 102 valence electrons. The first-order valence-corrected chi connectivity index (χ1v) is 6.73. The fourth-order valence-corrected chi connectivity index (χ4v) is 2.15. The molecule has 0 bridgehead atoms. The Hall–Kier alpha value is -0.160. The van der Waals surface area contributed by atoms with Crippen LogP contribution < -0.4 is 5.73 Å². The molecule has 1 aliphatic heterocycles. The van der Waals surface area contributed by atoms with Gasteiger partial charge in [0.15, 0.2) is 0 Å². The highest BCUT2D eigenvalue weighted by Crippen LogP contribution is 2.15. The quantitative estimate of drug-likeness (QED) is 0.714. The first-order valence-electron chi connectivity index (χ1n) is 6.73. The number of nitrogens with zero attached hydrogens (tertiary/aromatic N) is 1. The van der Waals surface area contributed by atoms with Gasteiger partial charge in [-0.3, -0.25) is 4.90 Å².